The maximum absolute atomic E-state index is 12.4. The summed E-state index contributed by atoms with van der Waals surface area (Å²) < 4.78 is 4.72. The summed E-state index contributed by atoms with van der Waals surface area (Å²) in [6.45, 7) is 0. The van der Waals surface area contributed by atoms with Gasteiger partial charge in [0.1, 0.15) is 6.04 Å². The molecule has 1 N–H and O–H groups in total. The highest BCUT2D eigenvalue weighted by molar-refractivity contribution is 6.35. The third kappa shape index (κ3) is 4.93. The van der Waals surface area contributed by atoms with Crippen LogP contribution in [0.15, 0.2) is 42.5 Å². The Kier molecular flexibility index (Phi) is 6.54. The lowest BCUT2D eigenvalue weighted by atomic mass is 10.0. The molecule has 2 aromatic rings. The van der Waals surface area contributed by atoms with Crippen molar-refractivity contribution in [3.8, 4) is 0 Å². The average Bonchev–Trinajstić information content (AvgIpc) is 2.62. The normalized spacial score (nSPS) is 11.5. The molecule has 0 bridgehead atoms. The molecule has 0 aliphatic heterocycles. The van der Waals surface area contributed by atoms with Crippen LogP contribution in [0.3, 0.4) is 0 Å². The van der Waals surface area contributed by atoms with Crippen LogP contribution in [0.1, 0.15) is 15.9 Å². The van der Waals surface area contributed by atoms with Gasteiger partial charge in [0.25, 0.3) is 11.6 Å². The number of carbonyl (C=O) groups excluding carboxylic acids is 2. The SMILES string of the molecule is COC(=O)[C@@H](Cc1ccc(Cl)cc1Cl)NC(=O)c1cccc([N+](=O)[O-])c1. The van der Waals surface area contributed by atoms with E-state index in [0.29, 0.717) is 15.6 Å². The first-order valence-corrected chi connectivity index (χ1v) is 8.14. The fourth-order valence-electron chi connectivity index (χ4n) is 2.24. The minimum Gasteiger partial charge on any atom is -0.467 e. The number of ether oxygens (including phenoxy) is 1. The zero-order valence-electron chi connectivity index (χ0n) is 13.6. The fraction of sp³-hybridized carbons (Fsp3) is 0.176. The summed E-state index contributed by atoms with van der Waals surface area (Å²) in [7, 11) is 1.19. The lowest BCUT2D eigenvalue weighted by Gasteiger charge is -2.17. The Labute approximate surface area is 159 Å². The van der Waals surface area contributed by atoms with Gasteiger partial charge in [-0.25, -0.2) is 4.79 Å². The monoisotopic (exact) mass is 396 g/mol. The van der Waals surface area contributed by atoms with E-state index in [1.54, 1.807) is 12.1 Å². The molecule has 7 nitrogen and oxygen atoms in total. The molecule has 0 unspecified atom stereocenters. The Hall–Kier alpha value is -2.64. The molecule has 0 saturated heterocycles. The summed E-state index contributed by atoms with van der Waals surface area (Å²) in [5.74, 6) is -1.32. The second-order valence-electron chi connectivity index (χ2n) is 5.30. The van der Waals surface area contributed by atoms with E-state index in [2.05, 4.69) is 5.32 Å². The van der Waals surface area contributed by atoms with Gasteiger partial charge in [0.2, 0.25) is 0 Å². The Morgan fingerprint density at radius 3 is 2.58 bits per heavy atom. The number of rotatable bonds is 6. The van der Waals surface area contributed by atoms with Crippen molar-refractivity contribution in [3.05, 3.63) is 73.8 Å². The molecule has 2 rings (SSSR count). The van der Waals surface area contributed by atoms with Crippen LogP contribution in [-0.4, -0.2) is 30.0 Å². The zero-order valence-corrected chi connectivity index (χ0v) is 15.1. The lowest BCUT2D eigenvalue weighted by molar-refractivity contribution is -0.384. The summed E-state index contributed by atoms with van der Waals surface area (Å²) in [6.07, 6.45) is 0.0728. The van der Waals surface area contributed by atoms with E-state index in [4.69, 9.17) is 27.9 Å². The van der Waals surface area contributed by atoms with Crippen molar-refractivity contribution < 1.29 is 19.2 Å². The van der Waals surface area contributed by atoms with Crippen molar-refractivity contribution >= 4 is 40.8 Å². The average molecular weight is 397 g/mol. The molecule has 136 valence electrons. The number of hydrogen-bond acceptors (Lipinski definition) is 5. The van der Waals surface area contributed by atoms with E-state index in [9.17, 15) is 19.7 Å². The van der Waals surface area contributed by atoms with Gasteiger partial charge in [-0.1, -0.05) is 35.3 Å². The predicted octanol–water partition coefficient (Wildman–Crippen LogP) is 3.42. The third-order valence-electron chi connectivity index (χ3n) is 3.55. The van der Waals surface area contributed by atoms with Crippen molar-refractivity contribution in [3.63, 3.8) is 0 Å². The van der Waals surface area contributed by atoms with Crippen LogP contribution in [0.4, 0.5) is 5.69 Å². The first-order valence-electron chi connectivity index (χ1n) is 7.39. The van der Waals surface area contributed by atoms with Crippen LogP contribution in [0, 0.1) is 10.1 Å². The number of nitro benzene ring substituents is 1. The van der Waals surface area contributed by atoms with Crippen molar-refractivity contribution in [1.29, 1.82) is 0 Å². The molecule has 0 heterocycles. The van der Waals surface area contributed by atoms with Gasteiger partial charge in [-0.3, -0.25) is 14.9 Å². The van der Waals surface area contributed by atoms with E-state index in [0.717, 1.165) is 6.07 Å². The van der Waals surface area contributed by atoms with Gasteiger partial charge in [0.15, 0.2) is 0 Å². The number of nitro groups is 1. The third-order valence-corrected chi connectivity index (χ3v) is 4.14. The quantitative estimate of drug-likeness (QED) is 0.458. The maximum Gasteiger partial charge on any atom is 0.328 e. The molecule has 0 aliphatic rings. The van der Waals surface area contributed by atoms with Crippen LogP contribution in [0.2, 0.25) is 10.0 Å². The van der Waals surface area contributed by atoms with Crippen molar-refractivity contribution in [1.82, 2.24) is 5.32 Å². The molecule has 0 radical (unpaired) electrons. The van der Waals surface area contributed by atoms with Gasteiger partial charge in [-0.05, 0) is 23.8 Å². The van der Waals surface area contributed by atoms with Crippen LogP contribution in [0.25, 0.3) is 0 Å². The maximum atomic E-state index is 12.4. The van der Waals surface area contributed by atoms with Gasteiger partial charge in [0.05, 0.1) is 12.0 Å². The zero-order chi connectivity index (χ0) is 19.3. The van der Waals surface area contributed by atoms with Crippen molar-refractivity contribution in [2.75, 3.05) is 7.11 Å². The molecule has 2 aromatic carbocycles. The number of nitrogens with zero attached hydrogens (tertiary/aromatic N) is 1. The van der Waals surface area contributed by atoms with Gasteiger partial charge in [0, 0.05) is 34.2 Å². The minimum absolute atomic E-state index is 0.0512. The topological polar surface area (TPSA) is 98.5 Å². The number of hydrogen-bond donors (Lipinski definition) is 1. The molecule has 0 aromatic heterocycles. The molecule has 26 heavy (non-hydrogen) atoms. The lowest BCUT2D eigenvalue weighted by Crippen LogP contribution is -2.43. The first-order chi connectivity index (χ1) is 12.3. The highest BCUT2D eigenvalue weighted by Crippen LogP contribution is 2.22. The summed E-state index contributed by atoms with van der Waals surface area (Å²) in [6, 6.07) is 8.93. The molecular weight excluding hydrogens is 383 g/mol. The van der Waals surface area contributed by atoms with Crippen molar-refractivity contribution in [2.45, 2.75) is 12.5 Å². The molecule has 0 aliphatic carbocycles. The van der Waals surface area contributed by atoms with E-state index in [1.807, 2.05) is 0 Å². The van der Waals surface area contributed by atoms with Crippen LogP contribution in [0.5, 0.6) is 0 Å². The van der Waals surface area contributed by atoms with Gasteiger partial charge < -0.3 is 10.1 Å². The van der Waals surface area contributed by atoms with Crippen LogP contribution >= 0.6 is 23.2 Å². The fourth-order valence-corrected chi connectivity index (χ4v) is 2.73. The number of benzene rings is 2. The summed E-state index contributed by atoms with van der Waals surface area (Å²) in [5.41, 5.74) is 0.411. The molecule has 0 fully saturated rings. The number of amides is 1. The Balaban J connectivity index is 2.22. The summed E-state index contributed by atoms with van der Waals surface area (Å²) in [5, 5.41) is 14.1. The molecular formula is C17H14Cl2N2O5. The van der Waals surface area contributed by atoms with E-state index >= 15 is 0 Å². The number of esters is 1. The van der Waals surface area contributed by atoms with Gasteiger partial charge in [-0.15, -0.1) is 0 Å². The summed E-state index contributed by atoms with van der Waals surface area (Å²) >= 11 is 12.0. The Morgan fingerprint density at radius 1 is 1.23 bits per heavy atom. The molecule has 0 spiro atoms. The highest BCUT2D eigenvalue weighted by atomic mass is 35.5. The largest absolute Gasteiger partial charge is 0.467 e. The first kappa shape index (κ1) is 19.7. The van der Waals surface area contributed by atoms with Crippen LogP contribution < -0.4 is 5.32 Å². The number of non-ortho nitro benzene ring substituents is 1. The van der Waals surface area contributed by atoms with E-state index < -0.39 is 22.8 Å². The Morgan fingerprint density at radius 2 is 1.96 bits per heavy atom. The second kappa shape index (κ2) is 8.64. The van der Waals surface area contributed by atoms with E-state index in [1.165, 1.54) is 31.4 Å². The molecule has 1 atom stereocenters. The molecule has 9 heteroatoms. The van der Waals surface area contributed by atoms with Crippen LogP contribution in [-0.2, 0) is 16.0 Å². The number of nitrogens with one attached hydrogen (secondary N) is 1. The highest BCUT2D eigenvalue weighted by Gasteiger charge is 2.24. The molecule has 1 amide bonds. The standard InChI is InChI=1S/C17H14Cl2N2O5/c1-26-17(23)15(8-10-5-6-12(18)9-14(10)19)20-16(22)11-3-2-4-13(7-11)21(24)25/h2-7,9,15H,8H2,1H3,(H,20,22)/t15-/m1/s1. The second-order valence-corrected chi connectivity index (χ2v) is 6.14. The van der Waals surface area contributed by atoms with E-state index in [-0.39, 0.29) is 17.7 Å². The minimum atomic E-state index is -1.02. The Bertz CT molecular complexity index is 857. The number of carbonyl (C=O) groups is 2. The van der Waals surface area contributed by atoms with Gasteiger partial charge in [-0.2, -0.15) is 0 Å². The summed E-state index contributed by atoms with van der Waals surface area (Å²) in [4.78, 5) is 34.6. The smallest absolute Gasteiger partial charge is 0.328 e. The van der Waals surface area contributed by atoms with Gasteiger partial charge >= 0.3 is 5.97 Å². The molecule has 0 saturated carbocycles. The predicted molar refractivity (Wildman–Crippen MR) is 96.5 cm³/mol. The number of halogens is 2. The number of methoxy groups -OCH3 is 1. The van der Waals surface area contributed by atoms with Crippen molar-refractivity contribution in [2.24, 2.45) is 0 Å².